The molecule has 3 atom stereocenters. The Labute approximate surface area is 198 Å². The zero-order valence-corrected chi connectivity index (χ0v) is 19.4. The van der Waals surface area contributed by atoms with Crippen LogP contribution >= 0.6 is 0 Å². The molecule has 2 aromatic carbocycles. The van der Waals surface area contributed by atoms with E-state index in [9.17, 15) is 23.9 Å². The van der Waals surface area contributed by atoms with Gasteiger partial charge in [0.1, 0.15) is 17.9 Å². The first-order valence-corrected chi connectivity index (χ1v) is 11.4. The molecule has 0 spiro atoms. The van der Waals surface area contributed by atoms with Crippen molar-refractivity contribution in [3.8, 4) is 11.1 Å². The number of aliphatic carboxylic acids is 1. The molecular formula is C26H30FN3O4. The van der Waals surface area contributed by atoms with Crippen LogP contribution in [-0.2, 0) is 20.8 Å². The lowest BCUT2D eigenvalue weighted by molar-refractivity contribution is -0.146. The van der Waals surface area contributed by atoms with Gasteiger partial charge in [-0.25, -0.2) is 14.6 Å². The van der Waals surface area contributed by atoms with Crippen LogP contribution in [0, 0.1) is 17.7 Å². The smallest absolute Gasteiger partial charge is 0.306 e. The van der Waals surface area contributed by atoms with Crippen LogP contribution in [0.3, 0.4) is 0 Å². The third kappa shape index (κ3) is 6.17. The van der Waals surface area contributed by atoms with Gasteiger partial charge in [-0.15, -0.1) is 0 Å². The van der Waals surface area contributed by atoms with Crippen molar-refractivity contribution in [2.45, 2.75) is 38.8 Å². The first kappa shape index (κ1) is 25.3. The molecule has 0 radical (unpaired) electrons. The highest BCUT2D eigenvalue weighted by Crippen LogP contribution is 2.25. The molecule has 1 heterocycles. The molecule has 1 amide bonds. The molecule has 8 heteroatoms. The fourth-order valence-electron chi connectivity index (χ4n) is 4.22. The van der Waals surface area contributed by atoms with E-state index in [1.54, 1.807) is 26.1 Å². The van der Waals surface area contributed by atoms with Gasteiger partial charge in [0.2, 0.25) is 5.91 Å². The molecule has 1 aliphatic heterocycles. The van der Waals surface area contributed by atoms with Crippen molar-refractivity contribution in [1.82, 2.24) is 15.8 Å². The highest BCUT2D eigenvalue weighted by Gasteiger charge is 2.35. The fraction of sp³-hybridized carbons (Fsp3) is 0.385. The third-order valence-electron chi connectivity index (χ3n) is 6.23. The van der Waals surface area contributed by atoms with Crippen molar-refractivity contribution in [2.24, 2.45) is 11.8 Å². The minimum absolute atomic E-state index is 0.191. The Morgan fingerprint density at radius 3 is 2.35 bits per heavy atom. The zero-order chi connectivity index (χ0) is 24.7. The number of carboxylic acid groups (broad SMARTS) is 1. The van der Waals surface area contributed by atoms with Crippen LogP contribution < -0.4 is 10.7 Å². The summed E-state index contributed by atoms with van der Waals surface area (Å²) in [6.45, 7) is 2.02. The van der Waals surface area contributed by atoms with Gasteiger partial charge in [-0.3, -0.25) is 19.9 Å². The van der Waals surface area contributed by atoms with Gasteiger partial charge in [-0.05, 0) is 61.6 Å². The molecule has 0 unspecified atom stereocenters. The quantitative estimate of drug-likeness (QED) is 0.490. The first-order chi connectivity index (χ1) is 16.3. The van der Waals surface area contributed by atoms with E-state index in [2.05, 4.69) is 10.7 Å². The average molecular weight is 468 g/mol. The summed E-state index contributed by atoms with van der Waals surface area (Å²) in [4.78, 5) is 36.2. The van der Waals surface area contributed by atoms with Crippen LogP contribution in [0.5, 0.6) is 0 Å². The minimum atomic E-state index is -0.952. The van der Waals surface area contributed by atoms with Gasteiger partial charge in [-0.1, -0.05) is 43.3 Å². The third-order valence-corrected chi connectivity index (χ3v) is 6.23. The van der Waals surface area contributed by atoms with E-state index < -0.39 is 24.0 Å². The predicted octanol–water partition coefficient (Wildman–Crippen LogP) is 3.19. The van der Waals surface area contributed by atoms with Gasteiger partial charge in [0.15, 0.2) is 0 Å². The number of carbonyl (C=O) groups is 2. The van der Waals surface area contributed by atoms with E-state index in [0.29, 0.717) is 31.4 Å². The standard InChI is InChI=1S/C26H30FN3O4/c1-17(26(33)34)15-21(25(32)30-24(28-2)22(16-31)13-14-29-30)8-5-18-3-6-19(7-4-18)20-9-11-23(27)12-10-20/h3-4,6-7,9-12,17,21,24,28-29H,5,8,13-15H2,1-2H3,(H,33,34)/t17-,21+,24-/m0/s1. The maximum atomic E-state index is 13.4. The van der Waals surface area contributed by atoms with Crippen molar-refractivity contribution < 1.29 is 23.9 Å². The maximum Gasteiger partial charge on any atom is 0.306 e. The zero-order valence-electron chi connectivity index (χ0n) is 19.4. The van der Waals surface area contributed by atoms with E-state index in [4.69, 9.17) is 0 Å². The number of nitrogens with one attached hydrogen (secondary N) is 2. The Bertz CT molecular complexity index is 1050. The Morgan fingerprint density at radius 1 is 1.18 bits per heavy atom. The van der Waals surface area contributed by atoms with E-state index in [1.807, 2.05) is 30.2 Å². The molecule has 1 saturated heterocycles. The lowest BCUT2D eigenvalue weighted by atomic mass is 9.89. The number of carboxylic acids is 1. The SMILES string of the molecule is CN[C@@H]1C(=C=O)CCNN1C(=O)[C@H](CCc1ccc(-c2ccc(F)cc2)cc1)C[C@H](C)C(=O)O. The van der Waals surface area contributed by atoms with E-state index >= 15 is 0 Å². The Morgan fingerprint density at radius 2 is 1.79 bits per heavy atom. The second-order valence-electron chi connectivity index (χ2n) is 8.60. The number of rotatable bonds is 9. The predicted molar refractivity (Wildman–Crippen MR) is 127 cm³/mol. The number of hydrogen-bond donors (Lipinski definition) is 3. The Kier molecular flexibility index (Phi) is 8.71. The molecular weight excluding hydrogens is 437 g/mol. The first-order valence-electron chi connectivity index (χ1n) is 11.4. The second kappa shape index (κ2) is 11.7. The lowest BCUT2D eigenvalue weighted by Crippen LogP contribution is -2.60. The van der Waals surface area contributed by atoms with Crippen LogP contribution in [0.2, 0.25) is 0 Å². The number of benzene rings is 2. The highest BCUT2D eigenvalue weighted by atomic mass is 19.1. The molecule has 3 rings (SSSR count). The summed E-state index contributed by atoms with van der Waals surface area (Å²) >= 11 is 0. The lowest BCUT2D eigenvalue weighted by Gasteiger charge is -2.38. The molecule has 0 aromatic heterocycles. The number of likely N-dealkylation sites (N-methyl/N-ethyl adjacent to an activating group) is 1. The number of amides is 1. The molecule has 3 N–H and O–H groups in total. The van der Waals surface area contributed by atoms with Gasteiger partial charge in [0, 0.05) is 12.5 Å². The number of nitrogens with zero attached hydrogens (tertiary/aromatic N) is 1. The summed E-state index contributed by atoms with van der Waals surface area (Å²) < 4.78 is 13.2. The molecule has 1 aliphatic rings. The number of aryl methyl sites for hydroxylation is 1. The molecule has 7 nitrogen and oxygen atoms in total. The van der Waals surface area contributed by atoms with Gasteiger partial charge >= 0.3 is 5.97 Å². The van der Waals surface area contributed by atoms with Crippen LogP contribution in [0.25, 0.3) is 11.1 Å². The second-order valence-corrected chi connectivity index (χ2v) is 8.60. The van der Waals surface area contributed by atoms with Crippen molar-refractivity contribution in [3.05, 3.63) is 65.5 Å². The largest absolute Gasteiger partial charge is 0.481 e. The summed E-state index contributed by atoms with van der Waals surface area (Å²) in [6, 6.07) is 14.1. The van der Waals surface area contributed by atoms with Gasteiger partial charge in [0.25, 0.3) is 0 Å². The minimum Gasteiger partial charge on any atom is -0.481 e. The summed E-state index contributed by atoms with van der Waals surface area (Å²) in [5.41, 5.74) is 6.37. The van der Waals surface area contributed by atoms with Crippen LogP contribution in [0.1, 0.15) is 31.7 Å². The van der Waals surface area contributed by atoms with Gasteiger partial charge in [0.05, 0.1) is 11.5 Å². The molecule has 180 valence electrons. The molecule has 2 aromatic rings. The Balaban J connectivity index is 1.74. The van der Waals surface area contributed by atoms with Gasteiger partial charge in [-0.2, -0.15) is 0 Å². The maximum absolute atomic E-state index is 13.4. The van der Waals surface area contributed by atoms with Crippen LogP contribution in [0.4, 0.5) is 4.39 Å². The van der Waals surface area contributed by atoms with Crippen molar-refractivity contribution in [3.63, 3.8) is 0 Å². The molecule has 1 fully saturated rings. The van der Waals surface area contributed by atoms with E-state index in [-0.39, 0.29) is 18.1 Å². The normalized spacial score (nSPS) is 17.7. The monoisotopic (exact) mass is 467 g/mol. The summed E-state index contributed by atoms with van der Waals surface area (Å²) in [5.74, 6) is -0.793. The van der Waals surface area contributed by atoms with E-state index in [0.717, 1.165) is 16.7 Å². The summed E-state index contributed by atoms with van der Waals surface area (Å²) in [6.07, 6.45) is 1.10. The van der Waals surface area contributed by atoms with Crippen molar-refractivity contribution in [2.75, 3.05) is 13.6 Å². The number of hydrazine groups is 1. The number of carbonyl (C=O) groups excluding carboxylic acids is 2. The summed E-state index contributed by atoms with van der Waals surface area (Å²) in [5, 5.41) is 13.8. The Hall–Kier alpha value is -3.32. The molecule has 0 aliphatic carbocycles. The molecule has 0 saturated carbocycles. The average Bonchev–Trinajstić information content (AvgIpc) is 2.86. The number of hydrogen-bond acceptors (Lipinski definition) is 5. The van der Waals surface area contributed by atoms with Crippen molar-refractivity contribution in [1.29, 1.82) is 0 Å². The van der Waals surface area contributed by atoms with E-state index in [1.165, 1.54) is 17.1 Å². The summed E-state index contributed by atoms with van der Waals surface area (Å²) in [7, 11) is 1.66. The topological polar surface area (TPSA) is 98.7 Å². The van der Waals surface area contributed by atoms with Crippen LogP contribution in [-0.4, -0.2) is 47.7 Å². The van der Waals surface area contributed by atoms with Crippen LogP contribution in [0.15, 0.2) is 54.1 Å². The van der Waals surface area contributed by atoms with Crippen molar-refractivity contribution >= 4 is 17.8 Å². The fourth-order valence-corrected chi connectivity index (χ4v) is 4.22. The van der Waals surface area contributed by atoms with Gasteiger partial charge < -0.3 is 5.11 Å². The molecule has 0 bridgehead atoms. The number of halogens is 1. The highest BCUT2D eigenvalue weighted by molar-refractivity contribution is 5.81. The molecule has 34 heavy (non-hydrogen) atoms.